The van der Waals surface area contributed by atoms with Crippen LogP contribution in [0.15, 0.2) is 18.2 Å². The molecule has 1 aromatic carbocycles. The Hall–Kier alpha value is -2.32. The maximum atomic E-state index is 14.2. The molecule has 7 nitrogen and oxygen atoms in total. The summed E-state index contributed by atoms with van der Waals surface area (Å²) in [5.41, 5.74) is 3.09. The van der Waals surface area contributed by atoms with Gasteiger partial charge >= 0.3 is 0 Å². The lowest BCUT2D eigenvalue weighted by atomic mass is 9.87. The molecule has 1 aromatic heterocycles. The fraction of sp³-hybridized carbons (Fsp3) is 0.625. The molecule has 2 aromatic rings. The number of likely N-dealkylation sites (tertiary alicyclic amines) is 1. The minimum atomic E-state index is -0.729. The van der Waals surface area contributed by atoms with Crippen molar-refractivity contribution in [2.45, 2.75) is 50.1 Å². The van der Waals surface area contributed by atoms with Crippen molar-refractivity contribution in [1.29, 1.82) is 0 Å². The average molecular weight is 442 g/mol. The maximum absolute atomic E-state index is 14.2. The molecule has 2 amide bonds. The van der Waals surface area contributed by atoms with E-state index in [-0.39, 0.29) is 23.7 Å². The molecule has 0 bridgehead atoms. The van der Waals surface area contributed by atoms with Crippen LogP contribution in [-0.2, 0) is 16.6 Å². The largest absolute Gasteiger partial charge is 0.314 e. The number of amides is 2. The molecule has 5 rings (SSSR count). The Morgan fingerprint density at radius 2 is 1.97 bits per heavy atom. The topological polar surface area (TPSA) is 79.3 Å². The number of piperidine rings is 3. The molecule has 1 unspecified atom stereocenters. The molecule has 0 saturated carbocycles. The normalized spacial score (nSPS) is 28.2. The summed E-state index contributed by atoms with van der Waals surface area (Å²) in [7, 11) is 1.91. The summed E-state index contributed by atoms with van der Waals surface area (Å²) >= 11 is 0. The number of fused-ring (bicyclic) bond motifs is 1. The highest BCUT2D eigenvalue weighted by Gasteiger charge is 2.32. The van der Waals surface area contributed by atoms with Gasteiger partial charge in [0.2, 0.25) is 11.8 Å². The van der Waals surface area contributed by atoms with E-state index in [4.69, 9.17) is 0 Å². The maximum Gasteiger partial charge on any atom is 0.235 e. The second-order valence-electron chi connectivity index (χ2n) is 9.63. The van der Waals surface area contributed by atoms with Crippen molar-refractivity contribution in [3.8, 4) is 0 Å². The van der Waals surface area contributed by atoms with E-state index in [0.29, 0.717) is 25.3 Å². The van der Waals surface area contributed by atoms with Crippen LogP contribution in [0.5, 0.6) is 0 Å². The highest BCUT2D eigenvalue weighted by atomic mass is 19.1. The van der Waals surface area contributed by atoms with Gasteiger partial charge < -0.3 is 10.2 Å². The van der Waals surface area contributed by atoms with E-state index in [1.54, 1.807) is 0 Å². The first-order valence-electron chi connectivity index (χ1n) is 11.9. The number of nitrogens with zero attached hydrogens (tertiary/aromatic N) is 3. The molecular weight excluding hydrogens is 409 g/mol. The summed E-state index contributed by atoms with van der Waals surface area (Å²) in [6.07, 6.45) is 3.20. The van der Waals surface area contributed by atoms with Crippen LogP contribution in [0.4, 0.5) is 4.39 Å². The van der Waals surface area contributed by atoms with E-state index in [2.05, 4.69) is 38.8 Å². The van der Waals surface area contributed by atoms with E-state index in [1.165, 1.54) is 5.56 Å². The molecular formula is C24H32FN5O2. The SMILES string of the molecule is Cn1nc(C2CCC(=O)NC2=O)c2ccc(C3CCN(C[C@H]4CCNC[C@H]4F)CC3)cc21. The number of halogens is 1. The lowest BCUT2D eigenvalue weighted by Crippen LogP contribution is -2.45. The standard InChI is InChI=1S/C24H32FN5O2/c1-29-21-12-16(2-3-18(21)23(28-29)19-4-5-22(31)27-24(19)32)15-7-10-30(11-8-15)14-17-6-9-26-13-20(17)25/h2-3,12,15,17,19-20,26H,4-11,13-14H2,1H3,(H,27,31,32)/t17-,19?,20-/m1/s1. The Bertz CT molecular complexity index is 1010. The summed E-state index contributed by atoms with van der Waals surface area (Å²) in [6, 6.07) is 6.47. The number of benzene rings is 1. The highest BCUT2D eigenvalue weighted by molar-refractivity contribution is 6.02. The molecule has 8 heteroatoms. The quantitative estimate of drug-likeness (QED) is 0.712. The van der Waals surface area contributed by atoms with Crippen LogP contribution in [0.25, 0.3) is 10.9 Å². The molecule has 2 N–H and O–H groups in total. The summed E-state index contributed by atoms with van der Waals surface area (Å²) in [4.78, 5) is 26.3. The summed E-state index contributed by atoms with van der Waals surface area (Å²) in [6.45, 7) is 4.30. The molecule has 3 saturated heterocycles. The second-order valence-corrected chi connectivity index (χ2v) is 9.63. The smallest absolute Gasteiger partial charge is 0.235 e. The summed E-state index contributed by atoms with van der Waals surface area (Å²) in [5, 5.41) is 11.2. The number of hydrogen-bond acceptors (Lipinski definition) is 5. The molecule has 3 atom stereocenters. The van der Waals surface area contributed by atoms with E-state index >= 15 is 0 Å². The lowest BCUT2D eigenvalue weighted by Gasteiger charge is -2.36. The molecule has 3 aliphatic rings. The minimum absolute atomic E-state index is 0.157. The van der Waals surface area contributed by atoms with Gasteiger partial charge in [-0.25, -0.2) is 4.39 Å². The van der Waals surface area contributed by atoms with Crippen LogP contribution in [0, 0.1) is 5.92 Å². The number of rotatable bonds is 4. The second kappa shape index (κ2) is 8.90. The third kappa shape index (κ3) is 4.18. The van der Waals surface area contributed by atoms with Crippen LogP contribution in [0.3, 0.4) is 0 Å². The predicted octanol–water partition coefficient (Wildman–Crippen LogP) is 2.22. The zero-order chi connectivity index (χ0) is 22.2. The first-order valence-corrected chi connectivity index (χ1v) is 11.9. The Kier molecular flexibility index (Phi) is 5.99. The molecule has 3 fully saturated rings. The Labute approximate surface area is 187 Å². The predicted molar refractivity (Wildman–Crippen MR) is 120 cm³/mol. The molecule has 172 valence electrons. The number of aryl methyl sites for hydroxylation is 1. The van der Waals surface area contributed by atoms with Crippen LogP contribution >= 0.6 is 0 Å². The number of carbonyl (C=O) groups is 2. The van der Waals surface area contributed by atoms with Crippen molar-refractivity contribution in [2.24, 2.45) is 13.0 Å². The zero-order valence-corrected chi connectivity index (χ0v) is 18.6. The number of aromatic nitrogens is 2. The molecule has 3 aliphatic heterocycles. The average Bonchev–Trinajstić information content (AvgIpc) is 3.11. The van der Waals surface area contributed by atoms with Gasteiger partial charge in [0.1, 0.15) is 6.17 Å². The van der Waals surface area contributed by atoms with Gasteiger partial charge in [-0.05, 0) is 62.9 Å². The van der Waals surface area contributed by atoms with Crippen LogP contribution in [0.2, 0.25) is 0 Å². The third-order valence-electron chi connectivity index (χ3n) is 7.57. The Morgan fingerprint density at radius 3 is 2.72 bits per heavy atom. The highest BCUT2D eigenvalue weighted by Crippen LogP contribution is 2.34. The molecule has 32 heavy (non-hydrogen) atoms. The van der Waals surface area contributed by atoms with Crippen molar-refractivity contribution >= 4 is 22.7 Å². The molecule has 4 heterocycles. The van der Waals surface area contributed by atoms with Gasteiger partial charge in [-0.1, -0.05) is 12.1 Å². The molecule has 0 radical (unpaired) electrons. The van der Waals surface area contributed by atoms with Gasteiger partial charge in [0, 0.05) is 37.9 Å². The number of nitrogens with one attached hydrogen (secondary N) is 2. The Morgan fingerprint density at radius 1 is 1.16 bits per heavy atom. The van der Waals surface area contributed by atoms with Gasteiger partial charge in [0.05, 0.1) is 17.1 Å². The lowest BCUT2D eigenvalue weighted by molar-refractivity contribution is -0.134. The van der Waals surface area contributed by atoms with Crippen LogP contribution < -0.4 is 10.6 Å². The number of hydrogen-bond donors (Lipinski definition) is 2. The van der Waals surface area contributed by atoms with Gasteiger partial charge in [-0.3, -0.25) is 19.6 Å². The fourth-order valence-corrected chi connectivity index (χ4v) is 5.63. The van der Waals surface area contributed by atoms with Gasteiger partial charge in [0.15, 0.2) is 0 Å². The third-order valence-corrected chi connectivity index (χ3v) is 7.57. The number of alkyl halides is 1. The zero-order valence-electron chi connectivity index (χ0n) is 18.6. The van der Waals surface area contributed by atoms with E-state index < -0.39 is 6.17 Å². The van der Waals surface area contributed by atoms with Crippen LogP contribution in [0.1, 0.15) is 55.2 Å². The van der Waals surface area contributed by atoms with Gasteiger partial charge in [0.25, 0.3) is 0 Å². The number of carbonyl (C=O) groups excluding carboxylic acids is 2. The van der Waals surface area contributed by atoms with Crippen molar-refractivity contribution in [2.75, 3.05) is 32.7 Å². The Balaban J connectivity index is 1.27. The van der Waals surface area contributed by atoms with Crippen molar-refractivity contribution in [1.82, 2.24) is 25.3 Å². The van der Waals surface area contributed by atoms with E-state index in [9.17, 15) is 14.0 Å². The first-order chi connectivity index (χ1) is 15.5. The van der Waals surface area contributed by atoms with Crippen molar-refractivity contribution in [3.63, 3.8) is 0 Å². The van der Waals surface area contributed by atoms with Gasteiger partial charge in [-0.15, -0.1) is 0 Å². The summed E-state index contributed by atoms with van der Waals surface area (Å²) in [5.74, 6) is -0.188. The fourth-order valence-electron chi connectivity index (χ4n) is 5.63. The first kappa shape index (κ1) is 21.5. The molecule has 0 spiro atoms. The van der Waals surface area contributed by atoms with Crippen molar-refractivity contribution < 1.29 is 14.0 Å². The van der Waals surface area contributed by atoms with Crippen molar-refractivity contribution in [3.05, 3.63) is 29.5 Å². The minimum Gasteiger partial charge on any atom is -0.314 e. The van der Waals surface area contributed by atoms with E-state index in [1.807, 2.05) is 11.7 Å². The van der Waals surface area contributed by atoms with E-state index in [0.717, 1.165) is 62.0 Å². The summed E-state index contributed by atoms with van der Waals surface area (Å²) < 4.78 is 16.0. The molecule has 0 aliphatic carbocycles. The van der Waals surface area contributed by atoms with Crippen LogP contribution in [-0.4, -0.2) is 65.4 Å². The monoisotopic (exact) mass is 441 g/mol. The van der Waals surface area contributed by atoms with Gasteiger partial charge in [-0.2, -0.15) is 5.10 Å². The number of imide groups is 1.